The number of nitrogens with zero attached hydrogens (tertiary/aromatic N) is 2. The van der Waals surface area contributed by atoms with Crippen LogP contribution in [0.1, 0.15) is 10.7 Å². The van der Waals surface area contributed by atoms with Gasteiger partial charge in [-0.1, -0.05) is 0 Å². The van der Waals surface area contributed by atoms with Gasteiger partial charge >= 0.3 is 0 Å². The van der Waals surface area contributed by atoms with Crippen LogP contribution in [0.4, 0.5) is 5.69 Å². The predicted octanol–water partition coefficient (Wildman–Crippen LogP) is 3.67. The van der Waals surface area contributed by atoms with Gasteiger partial charge in [0.15, 0.2) is 0 Å². The summed E-state index contributed by atoms with van der Waals surface area (Å²) in [6.07, 6.45) is 0. The van der Waals surface area contributed by atoms with Crippen molar-refractivity contribution >= 4 is 38.6 Å². The molecule has 2 heterocycles. The second-order valence-corrected chi connectivity index (χ2v) is 5.60. The topological polar surface area (TPSA) is 37.8 Å². The van der Waals surface area contributed by atoms with Crippen molar-refractivity contribution in [2.45, 2.75) is 13.5 Å². The Morgan fingerprint density at radius 2 is 2.24 bits per heavy atom. The maximum atomic E-state index is 4.42. The van der Waals surface area contributed by atoms with Gasteiger partial charge < -0.3 is 5.32 Å². The molecule has 0 aliphatic rings. The molecule has 2 aromatic heterocycles. The summed E-state index contributed by atoms with van der Waals surface area (Å²) in [4.78, 5) is 8.69. The molecule has 3 rings (SSSR count). The number of aryl methyl sites for hydroxylation is 1. The van der Waals surface area contributed by atoms with Crippen molar-refractivity contribution in [1.29, 1.82) is 0 Å². The number of benzene rings is 1. The quantitative estimate of drug-likeness (QED) is 0.781. The van der Waals surface area contributed by atoms with E-state index in [1.165, 1.54) is 4.70 Å². The van der Waals surface area contributed by atoms with Gasteiger partial charge in [-0.05, 0) is 25.1 Å². The lowest BCUT2D eigenvalue weighted by Gasteiger charge is -2.03. The van der Waals surface area contributed by atoms with Crippen molar-refractivity contribution in [3.05, 3.63) is 39.8 Å². The number of nitrogens with one attached hydrogen (secondary N) is 1. The van der Waals surface area contributed by atoms with Gasteiger partial charge in [0, 0.05) is 16.8 Å². The zero-order valence-electron chi connectivity index (χ0n) is 9.30. The molecule has 0 saturated heterocycles. The van der Waals surface area contributed by atoms with E-state index in [0.717, 1.165) is 28.5 Å². The van der Waals surface area contributed by atoms with Gasteiger partial charge in [0.2, 0.25) is 0 Å². The molecule has 0 radical (unpaired) electrons. The van der Waals surface area contributed by atoms with Gasteiger partial charge in [0.1, 0.15) is 5.01 Å². The summed E-state index contributed by atoms with van der Waals surface area (Å²) in [5, 5.41) is 6.57. The molecule has 1 aromatic carbocycles. The lowest BCUT2D eigenvalue weighted by atomic mass is 10.3. The van der Waals surface area contributed by atoms with Crippen LogP contribution in [-0.4, -0.2) is 9.97 Å². The Morgan fingerprint density at radius 1 is 1.29 bits per heavy atom. The largest absolute Gasteiger partial charge is 0.378 e. The third kappa shape index (κ3) is 2.30. The van der Waals surface area contributed by atoms with Crippen molar-refractivity contribution in [3.63, 3.8) is 0 Å². The van der Waals surface area contributed by atoms with E-state index in [0.29, 0.717) is 0 Å². The zero-order valence-corrected chi connectivity index (χ0v) is 10.9. The first-order valence-electron chi connectivity index (χ1n) is 5.29. The lowest BCUT2D eigenvalue weighted by Crippen LogP contribution is -1.98. The minimum absolute atomic E-state index is 0.781. The Balaban J connectivity index is 1.76. The first-order valence-corrected chi connectivity index (χ1v) is 7.05. The Kier molecular flexibility index (Phi) is 2.78. The van der Waals surface area contributed by atoms with Crippen LogP contribution < -0.4 is 5.32 Å². The minimum atomic E-state index is 0.781. The highest BCUT2D eigenvalue weighted by atomic mass is 32.1. The summed E-state index contributed by atoms with van der Waals surface area (Å²) in [5.74, 6) is 0. The number of rotatable bonds is 3. The minimum Gasteiger partial charge on any atom is -0.378 e. The molecule has 17 heavy (non-hydrogen) atoms. The van der Waals surface area contributed by atoms with Crippen molar-refractivity contribution < 1.29 is 0 Å². The highest BCUT2D eigenvalue weighted by Crippen LogP contribution is 2.22. The first-order chi connectivity index (χ1) is 8.31. The van der Waals surface area contributed by atoms with Crippen LogP contribution in [0.25, 0.3) is 10.2 Å². The number of thiazole rings is 2. The molecule has 0 atom stereocenters. The Labute approximate surface area is 107 Å². The lowest BCUT2D eigenvalue weighted by molar-refractivity contribution is 1.08. The summed E-state index contributed by atoms with van der Waals surface area (Å²) in [5.41, 5.74) is 5.14. The SMILES string of the molecule is Cc1csc(CNc2ccc3ncsc3c2)n1. The number of fused-ring (bicyclic) bond motifs is 1. The van der Waals surface area contributed by atoms with Crippen LogP contribution in [0, 0.1) is 6.92 Å². The fraction of sp³-hybridized carbons (Fsp3) is 0.167. The average molecular weight is 261 g/mol. The van der Waals surface area contributed by atoms with Gasteiger partial charge in [-0.2, -0.15) is 0 Å². The Bertz CT molecular complexity index is 642. The fourth-order valence-electron chi connectivity index (χ4n) is 1.63. The molecular formula is C12H11N3S2. The Hall–Kier alpha value is -1.46. The number of hydrogen-bond donors (Lipinski definition) is 1. The third-order valence-corrected chi connectivity index (χ3v) is 4.20. The van der Waals surface area contributed by atoms with Crippen LogP contribution in [0.2, 0.25) is 0 Å². The maximum Gasteiger partial charge on any atom is 0.112 e. The van der Waals surface area contributed by atoms with Gasteiger partial charge in [-0.25, -0.2) is 9.97 Å². The zero-order chi connectivity index (χ0) is 11.7. The van der Waals surface area contributed by atoms with Gasteiger partial charge in [0.25, 0.3) is 0 Å². The van der Waals surface area contributed by atoms with E-state index >= 15 is 0 Å². The summed E-state index contributed by atoms with van der Waals surface area (Å²) in [7, 11) is 0. The van der Waals surface area contributed by atoms with E-state index in [1.807, 2.05) is 18.5 Å². The second kappa shape index (κ2) is 4.43. The smallest absolute Gasteiger partial charge is 0.112 e. The molecule has 1 N–H and O–H groups in total. The van der Waals surface area contributed by atoms with Crippen molar-refractivity contribution in [3.8, 4) is 0 Å². The van der Waals surface area contributed by atoms with Crippen molar-refractivity contribution in [1.82, 2.24) is 9.97 Å². The maximum absolute atomic E-state index is 4.42. The molecule has 86 valence electrons. The van der Waals surface area contributed by atoms with E-state index in [4.69, 9.17) is 0 Å². The monoisotopic (exact) mass is 261 g/mol. The van der Waals surface area contributed by atoms with Crippen LogP contribution in [0.5, 0.6) is 0 Å². The molecule has 0 spiro atoms. The summed E-state index contributed by atoms with van der Waals surface area (Å²) < 4.78 is 1.21. The van der Waals surface area contributed by atoms with Crippen LogP contribution in [-0.2, 0) is 6.54 Å². The molecule has 0 amide bonds. The highest BCUT2D eigenvalue weighted by Gasteiger charge is 2.01. The molecule has 5 heteroatoms. The molecular weight excluding hydrogens is 250 g/mol. The van der Waals surface area contributed by atoms with Gasteiger partial charge in [0.05, 0.1) is 22.3 Å². The van der Waals surface area contributed by atoms with E-state index < -0.39 is 0 Å². The second-order valence-electron chi connectivity index (χ2n) is 3.77. The van der Waals surface area contributed by atoms with Crippen molar-refractivity contribution in [2.24, 2.45) is 0 Å². The van der Waals surface area contributed by atoms with E-state index in [-0.39, 0.29) is 0 Å². The standard InChI is InChI=1S/C12H11N3S2/c1-8-6-16-12(15-8)5-13-9-2-3-10-11(4-9)17-7-14-10/h2-4,6-7,13H,5H2,1H3. The third-order valence-electron chi connectivity index (χ3n) is 2.44. The van der Waals surface area contributed by atoms with E-state index in [9.17, 15) is 0 Å². The molecule has 0 aliphatic carbocycles. The average Bonchev–Trinajstić information content (AvgIpc) is 2.94. The van der Waals surface area contributed by atoms with Gasteiger partial charge in [-0.3, -0.25) is 0 Å². The number of aromatic nitrogens is 2. The summed E-state index contributed by atoms with van der Waals surface area (Å²) in [6, 6.07) is 6.23. The van der Waals surface area contributed by atoms with E-state index in [2.05, 4.69) is 32.8 Å². The number of hydrogen-bond acceptors (Lipinski definition) is 5. The summed E-state index contributed by atoms with van der Waals surface area (Å²) >= 11 is 3.35. The van der Waals surface area contributed by atoms with Crippen LogP contribution >= 0.6 is 22.7 Å². The molecule has 0 fully saturated rings. The normalized spacial score (nSPS) is 10.9. The molecule has 0 aliphatic heterocycles. The van der Waals surface area contributed by atoms with Gasteiger partial charge in [-0.15, -0.1) is 22.7 Å². The molecule has 0 unspecified atom stereocenters. The molecule has 3 nitrogen and oxygen atoms in total. The number of anilines is 1. The fourth-order valence-corrected chi connectivity index (χ4v) is 3.05. The van der Waals surface area contributed by atoms with E-state index in [1.54, 1.807) is 22.7 Å². The summed E-state index contributed by atoms with van der Waals surface area (Å²) in [6.45, 7) is 2.80. The highest BCUT2D eigenvalue weighted by molar-refractivity contribution is 7.16. The molecule has 0 saturated carbocycles. The molecule has 3 aromatic rings. The van der Waals surface area contributed by atoms with Crippen LogP contribution in [0.15, 0.2) is 29.1 Å². The Morgan fingerprint density at radius 3 is 3.06 bits per heavy atom. The predicted molar refractivity (Wildman–Crippen MR) is 73.8 cm³/mol. The van der Waals surface area contributed by atoms with Crippen molar-refractivity contribution in [2.75, 3.05) is 5.32 Å². The van der Waals surface area contributed by atoms with Crippen LogP contribution in [0.3, 0.4) is 0 Å². The molecule has 0 bridgehead atoms. The first kappa shape index (κ1) is 10.7.